The zero-order chi connectivity index (χ0) is 25.2. The molecule has 8 nitrogen and oxygen atoms in total. The number of amides is 2. The number of nitrogens with zero attached hydrogens (tertiary/aromatic N) is 2. The number of hydrogen-bond donors (Lipinski definition) is 3. The minimum atomic E-state index is -0.236. The second kappa shape index (κ2) is 9.83. The second-order valence-electron chi connectivity index (χ2n) is 9.12. The quantitative estimate of drug-likeness (QED) is 0.380. The van der Waals surface area contributed by atoms with Crippen LogP contribution in [-0.2, 0) is 4.79 Å². The van der Waals surface area contributed by atoms with Crippen LogP contribution in [0.15, 0.2) is 60.9 Å². The van der Waals surface area contributed by atoms with E-state index in [4.69, 9.17) is 4.74 Å². The molecule has 3 heterocycles. The molecular weight excluding hydrogens is 454 g/mol. The Morgan fingerprint density at radius 3 is 2.67 bits per heavy atom. The molecule has 1 fully saturated rings. The van der Waals surface area contributed by atoms with Crippen LogP contribution in [0.5, 0.6) is 5.75 Å². The van der Waals surface area contributed by atoms with E-state index in [1.807, 2.05) is 42.6 Å². The van der Waals surface area contributed by atoms with Crippen LogP contribution in [0.4, 0.5) is 5.69 Å². The van der Waals surface area contributed by atoms with Crippen LogP contribution in [0, 0.1) is 0 Å². The summed E-state index contributed by atoms with van der Waals surface area (Å²) in [4.78, 5) is 35.2. The van der Waals surface area contributed by atoms with Crippen LogP contribution in [-0.4, -0.2) is 60.5 Å². The standard InChI is InChI=1S/C28H29N5O3/c1-33(2)28(35)21-13-17(10-11-23(21)32-27(34)24-8-6-12-29-24)18-14-20-22(16-31-26(20)30-15-18)19-7-4-5-9-25(19)36-3/h4-5,7,9-11,13-16,24,29H,6,8,12H2,1-3H3,(H,30,31)(H,32,34). The number of aromatic amines is 1. The molecule has 0 aliphatic carbocycles. The van der Waals surface area contributed by atoms with E-state index >= 15 is 0 Å². The Hall–Kier alpha value is -4.17. The fraction of sp³-hybridized carbons (Fsp3) is 0.250. The van der Waals surface area contributed by atoms with Crippen molar-refractivity contribution in [3.05, 3.63) is 66.5 Å². The van der Waals surface area contributed by atoms with Crippen molar-refractivity contribution in [3.8, 4) is 28.0 Å². The van der Waals surface area contributed by atoms with Gasteiger partial charge in [-0.25, -0.2) is 4.98 Å². The topological polar surface area (TPSA) is 99.3 Å². The van der Waals surface area contributed by atoms with Crippen LogP contribution >= 0.6 is 0 Å². The van der Waals surface area contributed by atoms with Crippen LogP contribution in [0.3, 0.4) is 0 Å². The van der Waals surface area contributed by atoms with Gasteiger partial charge >= 0.3 is 0 Å². The zero-order valence-corrected chi connectivity index (χ0v) is 20.6. The average Bonchev–Trinajstić information content (AvgIpc) is 3.58. The van der Waals surface area contributed by atoms with Crippen molar-refractivity contribution in [2.24, 2.45) is 0 Å². The third-order valence-electron chi connectivity index (χ3n) is 6.55. The number of anilines is 1. The number of ether oxygens (including phenoxy) is 1. The number of rotatable bonds is 6. The molecule has 1 unspecified atom stereocenters. The summed E-state index contributed by atoms with van der Waals surface area (Å²) < 4.78 is 5.56. The van der Waals surface area contributed by atoms with Gasteiger partial charge in [-0.2, -0.15) is 0 Å². The summed E-state index contributed by atoms with van der Waals surface area (Å²) in [6.45, 7) is 0.825. The highest BCUT2D eigenvalue weighted by molar-refractivity contribution is 6.06. The minimum absolute atomic E-state index is 0.120. The minimum Gasteiger partial charge on any atom is -0.496 e. The first kappa shape index (κ1) is 23.6. The molecule has 1 aliphatic heterocycles. The Bertz CT molecular complexity index is 1440. The normalized spacial score (nSPS) is 15.1. The van der Waals surface area contributed by atoms with Gasteiger partial charge in [-0.15, -0.1) is 0 Å². The van der Waals surface area contributed by atoms with Gasteiger partial charge in [0.15, 0.2) is 0 Å². The summed E-state index contributed by atoms with van der Waals surface area (Å²) in [5, 5.41) is 7.10. The van der Waals surface area contributed by atoms with Crippen molar-refractivity contribution >= 4 is 28.5 Å². The predicted octanol–water partition coefficient (Wildman–Crippen LogP) is 4.30. The molecule has 0 spiro atoms. The number of methoxy groups -OCH3 is 1. The Kier molecular flexibility index (Phi) is 6.43. The summed E-state index contributed by atoms with van der Waals surface area (Å²) in [6.07, 6.45) is 5.46. The molecule has 0 saturated carbocycles. The SMILES string of the molecule is COc1ccccc1-c1c[nH]c2ncc(-c3ccc(NC(=O)C4CCCN4)c(C(=O)N(C)C)c3)cc12. The van der Waals surface area contributed by atoms with Gasteiger partial charge in [-0.3, -0.25) is 9.59 Å². The van der Waals surface area contributed by atoms with E-state index in [-0.39, 0.29) is 17.9 Å². The molecule has 1 atom stereocenters. The molecule has 0 bridgehead atoms. The van der Waals surface area contributed by atoms with E-state index in [1.165, 1.54) is 4.90 Å². The highest BCUT2D eigenvalue weighted by Crippen LogP contribution is 2.36. The van der Waals surface area contributed by atoms with E-state index in [0.29, 0.717) is 11.3 Å². The van der Waals surface area contributed by atoms with E-state index in [0.717, 1.165) is 58.4 Å². The Labute approximate surface area is 209 Å². The highest BCUT2D eigenvalue weighted by Gasteiger charge is 2.24. The monoisotopic (exact) mass is 483 g/mol. The lowest BCUT2D eigenvalue weighted by Crippen LogP contribution is -2.36. The summed E-state index contributed by atoms with van der Waals surface area (Å²) in [7, 11) is 5.06. The smallest absolute Gasteiger partial charge is 0.255 e. The summed E-state index contributed by atoms with van der Waals surface area (Å²) in [6, 6.07) is 15.2. The molecule has 3 N–H and O–H groups in total. The van der Waals surface area contributed by atoms with Crippen molar-refractivity contribution in [1.82, 2.24) is 20.2 Å². The first-order chi connectivity index (χ1) is 17.5. The largest absolute Gasteiger partial charge is 0.496 e. The summed E-state index contributed by atoms with van der Waals surface area (Å²) in [5.74, 6) is 0.473. The number of H-pyrrole nitrogens is 1. The average molecular weight is 484 g/mol. The van der Waals surface area contributed by atoms with Gasteiger partial charge in [0.05, 0.1) is 24.4 Å². The van der Waals surface area contributed by atoms with Crippen LogP contribution in [0.1, 0.15) is 23.2 Å². The lowest BCUT2D eigenvalue weighted by molar-refractivity contribution is -0.117. The van der Waals surface area contributed by atoms with Gasteiger partial charge < -0.3 is 25.3 Å². The molecule has 0 radical (unpaired) electrons. The number of hydrogen-bond acceptors (Lipinski definition) is 5. The Balaban J connectivity index is 1.55. The molecule has 184 valence electrons. The lowest BCUT2D eigenvalue weighted by Gasteiger charge is -2.18. The first-order valence-electron chi connectivity index (χ1n) is 12.0. The van der Waals surface area contributed by atoms with Crippen LogP contribution < -0.4 is 15.4 Å². The van der Waals surface area contributed by atoms with Crippen LogP contribution in [0.2, 0.25) is 0 Å². The maximum atomic E-state index is 13.1. The van der Waals surface area contributed by atoms with Crippen molar-refractivity contribution < 1.29 is 14.3 Å². The predicted molar refractivity (Wildman–Crippen MR) is 141 cm³/mol. The third-order valence-corrected chi connectivity index (χ3v) is 6.55. The number of fused-ring (bicyclic) bond motifs is 1. The van der Waals surface area contributed by atoms with Gasteiger partial charge in [0.2, 0.25) is 5.91 Å². The van der Waals surface area contributed by atoms with Gasteiger partial charge in [-0.05, 0) is 49.2 Å². The van der Waals surface area contributed by atoms with E-state index < -0.39 is 0 Å². The van der Waals surface area contributed by atoms with Crippen LogP contribution in [0.25, 0.3) is 33.3 Å². The maximum Gasteiger partial charge on any atom is 0.255 e. The van der Waals surface area contributed by atoms with Gasteiger partial charge in [-0.1, -0.05) is 24.3 Å². The number of nitrogens with one attached hydrogen (secondary N) is 3. The highest BCUT2D eigenvalue weighted by atomic mass is 16.5. The molecule has 2 aromatic carbocycles. The number of pyridine rings is 1. The first-order valence-corrected chi connectivity index (χ1v) is 12.0. The van der Waals surface area contributed by atoms with Crippen molar-refractivity contribution in [1.29, 1.82) is 0 Å². The maximum absolute atomic E-state index is 13.1. The molecular formula is C28H29N5O3. The molecule has 36 heavy (non-hydrogen) atoms. The molecule has 2 amide bonds. The molecule has 5 rings (SSSR count). The number of para-hydroxylation sites is 1. The molecule has 2 aromatic heterocycles. The number of carbonyl (C=O) groups excluding carboxylic acids is 2. The number of benzene rings is 2. The summed E-state index contributed by atoms with van der Waals surface area (Å²) >= 11 is 0. The number of carbonyl (C=O) groups is 2. The van der Waals surface area contributed by atoms with Crippen molar-refractivity contribution in [2.75, 3.05) is 33.1 Å². The molecule has 8 heteroatoms. The third kappa shape index (κ3) is 4.43. The molecule has 1 saturated heterocycles. The molecule has 1 aliphatic rings. The summed E-state index contributed by atoms with van der Waals surface area (Å²) in [5.41, 5.74) is 5.34. The zero-order valence-electron chi connectivity index (χ0n) is 20.6. The second-order valence-corrected chi connectivity index (χ2v) is 9.12. The molecule has 4 aromatic rings. The Morgan fingerprint density at radius 2 is 1.92 bits per heavy atom. The van der Waals surface area contributed by atoms with E-state index in [1.54, 1.807) is 33.5 Å². The van der Waals surface area contributed by atoms with E-state index in [9.17, 15) is 9.59 Å². The van der Waals surface area contributed by atoms with Crippen molar-refractivity contribution in [2.45, 2.75) is 18.9 Å². The Morgan fingerprint density at radius 1 is 1.08 bits per heavy atom. The van der Waals surface area contributed by atoms with E-state index in [2.05, 4.69) is 26.7 Å². The van der Waals surface area contributed by atoms with Gasteiger partial charge in [0.25, 0.3) is 5.91 Å². The van der Waals surface area contributed by atoms with Gasteiger partial charge in [0, 0.05) is 48.6 Å². The lowest BCUT2D eigenvalue weighted by atomic mass is 9.99. The number of aromatic nitrogens is 2. The van der Waals surface area contributed by atoms with Gasteiger partial charge in [0.1, 0.15) is 11.4 Å². The van der Waals surface area contributed by atoms with Crippen molar-refractivity contribution in [3.63, 3.8) is 0 Å². The fourth-order valence-electron chi connectivity index (χ4n) is 4.63. The fourth-order valence-corrected chi connectivity index (χ4v) is 4.63.